The highest BCUT2D eigenvalue weighted by molar-refractivity contribution is 6.90. The van der Waals surface area contributed by atoms with Gasteiger partial charge < -0.3 is 9.47 Å². The van der Waals surface area contributed by atoms with Crippen molar-refractivity contribution in [2.45, 2.75) is 111 Å². The number of unbranched alkanes of at least 4 members (excludes halogenated alkanes) is 8. The lowest BCUT2D eigenvalue weighted by molar-refractivity contribution is 0.0506. The molecule has 4 heteroatoms. The van der Waals surface area contributed by atoms with Gasteiger partial charge in [0.15, 0.2) is 0 Å². The Hall–Kier alpha value is -1.81. The number of benzene rings is 2. The van der Waals surface area contributed by atoms with E-state index in [0.717, 1.165) is 41.5 Å². The van der Waals surface area contributed by atoms with Crippen LogP contribution in [0.5, 0.6) is 5.75 Å². The Bertz CT molecular complexity index is 875. The Morgan fingerprint density at radius 1 is 0.735 bits per heavy atom. The Morgan fingerprint density at radius 3 is 2.09 bits per heavy atom. The van der Waals surface area contributed by atoms with E-state index in [1.165, 1.54) is 69.0 Å². The van der Waals surface area contributed by atoms with E-state index in [1.54, 1.807) is 0 Å². The van der Waals surface area contributed by atoms with Gasteiger partial charge in [-0.25, -0.2) is 4.79 Å². The van der Waals surface area contributed by atoms with Crippen LogP contribution in [0.25, 0.3) is 10.8 Å². The predicted octanol–water partition coefficient (Wildman–Crippen LogP) is 8.64. The lowest BCUT2D eigenvalue weighted by Gasteiger charge is -2.26. The van der Waals surface area contributed by atoms with Crippen molar-refractivity contribution in [3.63, 3.8) is 0 Å². The zero-order chi connectivity index (χ0) is 24.8. The average Bonchev–Trinajstić information content (AvgIpc) is 2.84. The summed E-state index contributed by atoms with van der Waals surface area (Å²) in [5.74, 6) is 0.751. The van der Waals surface area contributed by atoms with Gasteiger partial charge in [0, 0.05) is 0 Å². The lowest BCUT2D eigenvalue weighted by atomic mass is 10.1. The van der Waals surface area contributed by atoms with Crippen LogP contribution < -0.4 is 9.92 Å². The van der Waals surface area contributed by atoms with E-state index in [9.17, 15) is 4.79 Å². The number of carbonyl (C=O) groups is 1. The molecule has 2 aromatic carbocycles. The first-order chi connectivity index (χ1) is 16.4. The van der Waals surface area contributed by atoms with Crippen LogP contribution in [0.4, 0.5) is 0 Å². The van der Waals surface area contributed by atoms with E-state index >= 15 is 0 Å². The van der Waals surface area contributed by atoms with Gasteiger partial charge in [-0.2, -0.15) is 0 Å². The van der Waals surface area contributed by atoms with Crippen LogP contribution in [-0.2, 0) is 4.74 Å². The molecule has 0 radical (unpaired) electrons. The summed E-state index contributed by atoms with van der Waals surface area (Å²) in [6.07, 6.45) is 13.6. The maximum absolute atomic E-state index is 12.9. The van der Waals surface area contributed by atoms with E-state index in [1.807, 2.05) is 19.1 Å². The van der Waals surface area contributed by atoms with Gasteiger partial charge in [-0.3, -0.25) is 0 Å². The molecule has 0 amide bonds. The third-order valence-electron chi connectivity index (χ3n) is 6.76. The fourth-order valence-corrected chi connectivity index (χ4v) is 7.50. The lowest BCUT2D eigenvalue weighted by Crippen LogP contribution is -2.44. The normalized spacial score (nSPS) is 11.7. The summed E-state index contributed by atoms with van der Waals surface area (Å²) >= 11 is 0. The molecule has 0 saturated carbocycles. The minimum atomic E-state index is -1.78. The molecule has 190 valence electrons. The van der Waals surface area contributed by atoms with Crippen LogP contribution in [0.1, 0.15) is 102 Å². The molecule has 0 aliphatic carbocycles. The first-order valence-electron chi connectivity index (χ1n) is 13.8. The number of carbonyl (C=O) groups excluding carboxylic acids is 1. The minimum absolute atomic E-state index is 0.175. The molecule has 0 spiro atoms. The van der Waals surface area contributed by atoms with Crippen molar-refractivity contribution in [1.29, 1.82) is 0 Å². The molecule has 34 heavy (non-hydrogen) atoms. The molecule has 0 unspecified atom stereocenters. The number of fused-ring (bicyclic) bond motifs is 1. The van der Waals surface area contributed by atoms with Gasteiger partial charge in [0.25, 0.3) is 0 Å². The van der Waals surface area contributed by atoms with Crippen molar-refractivity contribution in [2.75, 3.05) is 13.2 Å². The molecular weight excluding hydrogens is 436 g/mol. The molecule has 0 N–H and O–H groups in total. The van der Waals surface area contributed by atoms with Crippen molar-refractivity contribution >= 4 is 30.0 Å². The first kappa shape index (κ1) is 28.4. The summed E-state index contributed by atoms with van der Waals surface area (Å²) in [4.78, 5) is 12.9. The van der Waals surface area contributed by atoms with E-state index < -0.39 is 8.07 Å². The minimum Gasteiger partial charge on any atom is -0.494 e. The van der Waals surface area contributed by atoms with Crippen LogP contribution >= 0.6 is 0 Å². The maximum Gasteiger partial charge on any atom is 0.338 e. The Balaban J connectivity index is 2.10. The highest BCUT2D eigenvalue weighted by atomic mass is 28.3. The topological polar surface area (TPSA) is 35.5 Å². The monoisotopic (exact) mass is 484 g/mol. The third kappa shape index (κ3) is 9.09. The molecule has 0 fully saturated rings. The summed E-state index contributed by atoms with van der Waals surface area (Å²) < 4.78 is 11.7. The number of esters is 1. The molecule has 2 rings (SSSR count). The van der Waals surface area contributed by atoms with Crippen molar-refractivity contribution < 1.29 is 14.3 Å². The highest BCUT2D eigenvalue weighted by Gasteiger charge is 2.29. The van der Waals surface area contributed by atoms with E-state index in [0.29, 0.717) is 6.61 Å². The second-order valence-electron chi connectivity index (χ2n) is 10.4. The van der Waals surface area contributed by atoms with E-state index in [4.69, 9.17) is 9.47 Å². The van der Waals surface area contributed by atoms with Gasteiger partial charge >= 0.3 is 5.97 Å². The fraction of sp³-hybridized carbons (Fsp3) is 0.633. The van der Waals surface area contributed by atoms with E-state index in [-0.39, 0.29) is 5.97 Å². The quantitative estimate of drug-likeness (QED) is 0.128. The van der Waals surface area contributed by atoms with Gasteiger partial charge in [0.1, 0.15) is 5.75 Å². The molecule has 0 aliphatic rings. The van der Waals surface area contributed by atoms with Gasteiger partial charge in [-0.15, -0.1) is 0 Å². The van der Waals surface area contributed by atoms with Crippen LogP contribution in [0.15, 0.2) is 30.3 Å². The summed E-state index contributed by atoms with van der Waals surface area (Å²) in [6.45, 7) is 12.5. The Morgan fingerprint density at radius 2 is 1.41 bits per heavy atom. The summed E-state index contributed by atoms with van der Waals surface area (Å²) in [6, 6.07) is 11.7. The smallest absolute Gasteiger partial charge is 0.338 e. The van der Waals surface area contributed by atoms with E-state index in [2.05, 4.69) is 45.1 Å². The number of ether oxygens (including phenoxy) is 2. The van der Waals surface area contributed by atoms with Crippen LogP contribution in [0.2, 0.25) is 19.1 Å². The van der Waals surface area contributed by atoms with Gasteiger partial charge in [0.2, 0.25) is 0 Å². The second-order valence-corrected chi connectivity index (χ2v) is 15.2. The molecule has 0 aromatic heterocycles. The second kappa shape index (κ2) is 15.2. The molecule has 0 bridgehead atoms. The van der Waals surface area contributed by atoms with Crippen molar-refractivity contribution in [3.05, 3.63) is 35.9 Å². The predicted molar refractivity (Wildman–Crippen MR) is 149 cm³/mol. The molecule has 0 saturated heterocycles. The molecule has 2 aromatic rings. The molecule has 0 atom stereocenters. The van der Waals surface area contributed by atoms with Crippen molar-refractivity contribution in [2.24, 2.45) is 0 Å². The number of hydrogen-bond acceptors (Lipinski definition) is 3. The van der Waals surface area contributed by atoms with Gasteiger partial charge in [-0.1, -0.05) is 110 Å². The third-order valence-corrected chi connectivity index (χ3v) is 10.2. The average molecular weight is 485 g/mol. The Kier molecular flexibility index (Phi) is 12.7. The fourth-order valence-electron chi connectivity index (χ4n) is 4.55. The highest BCUT2D eigenvalue weighted by Crippen LogP contribution is 2.25. The molecule has 3 nitrogen and oxygen atoms in total. The summed E-state index contributed by atoms with van der Waals surface area (Å²) in [5, 5.41) is 3.45. The van der Waals surface area contributed by atoms with Crippen LogP contribution in [0.3, 0.4) is 0 Å². The number of rotatable bonds is 17. The summed E-state index contributed by atoms with van der Waals surface area (Å²) in [5.41, 5.74) is 0.765. The number of hydrogen-bond donors (Lipinski definition) is 0. The standard InChI is InChI=1S/C30H48O3Si/c1-6-9-11-12-13-14-15-16-20-32-27-18-17-25-23-28(30(31)33-19-8-3)29(24-26(25)22-27)34(4,5)21-10-7-2/h17-18,22-24H,6-16,19-21H2,1-5H3. The maximum atomic E-state index is 12.9. The largest absolute Gasteiger partial charge is 0.494 e. The van der Waals surface area contributed by atoms with Crippen molar-refractivity contribution in [3.8, 4) is 5.75 Å². The van der Waals surface area contributed by atoms with Crippen LogP contribution in [-0.4, -0.2) is 27.3 Å². The SMILES string of the molecule is CCCCCCCCCCOc1ccc2cc(C(=O)OCCC)c([Si](C)(C)CCCC)cc2c1. The first-order valence-corrected chi connectivity index (χ1v) is 17.0. The van der Waals surface area contributed by atoms with Gasteiger partial charge in [-0.05, 0) is 47.0 Å². The summed E-state index contributed by atoms with van der Waals surface area (Å²) in [7, 11) is -1.78. The molecule has 0 aliphatic heterocycles. The van der Waals surface area contributed by atoms with Gasteiger partial charge in [0.05, 0.1) is 26.9 Å². The molecular formula is C30H48O3Si. The molecule has 0 heterocycles. The Labute approximate surface area is 209 Å². The van der Waals surface area contributed by atoms with Crippen LogP contribution in [0, 0.1) is 0 Å². The zero-order valence-electron chi connectivity index (χ0n) is 22.5. The zero-order valence-corrected chi connectivity index (χ0v) is 23.5. The van der Waals surface area contributed by atoms with Crippen molar-refractivity contribution in [1.82, 2.24) is 0 Å².